The first kappa shape index (κ1) is 18.4. The zero-order chi connectivity index (χ0) is 19.2. The number of hydrogen-bond donors (Lipinski definition) is 0. The first-order chi connectivity index (χ1) is 12.8. The number of fused-ring (bicyclic) bond motifs is 2. The Kier molecular flexibility index (Phi) is 4.47. The summed E-state index contributed by atoms with van der Waals surface area (Å²) in [5.41, 5.74) is 0.805. The lowest BCUT2D eigenvalue weighted by atomic mass is 9.91. The third kappa shape index (κ3) is 3.23. The van der Waals surface area contributed by atoms with Crippen LogP contribution in [0.3, 0.4) is 0 Å². The van der Waals surface area contributed by atoms with Crippen molar-refractivity contribution >= 4 is 35.2 Å². The highest BCUT2D eigenvalue weighted by Crippen LogP contribution is 2.44. The van der Waals surface area contributed by atoms with Crippen LogP contribution in [0.15, 0.2) is 53.4 Å². The Morgan fingerprint density at radius 3 is 2.63 bits per heavy atom. The standard InChI is InChI=1S/C21H20ClNO3S/c1-20(2,27-15-9-7-14(22)8-10-15)19(25)23-12-11-21(13-23)17-6-4-3-5-16(17)18(24)26-21/h3-10H,11-13H2,1-2H3/t21-/m0/s1. The molecule has 1 atom stereocenters. The summed E-state index contributed by atoms with van der Waals surface area (Å²) in [5.74, 6) is -0.255. The molecular formula is C21H20ClNO3S. The number of halogens is 1. The maximum absolute atomic E-state index is 13.2. The monoisotopic (exact) mass is 401 g/mol. The van der Waals surface area contributed by atoms with E-state index in [1.54, 1.807) is 6.07 Å². The summed E-state index contributed by atoms with van der Waals surface area (Å²) in [5, 5.41) is 0.673. The van der Waals surface area contributed by atoms with Crippen LogP contribution in [-0.4, -0.2) is 34.6 Å². The van der Waals surface area contributed by atoms with Crippen LogP contribution in [0.1, 0.15) is 36.2 Å². The number of rotatable bonds is 3. The molecule has 0 aromatic heterocycles. The van der Waals surface area contributed by atoms with Crippen molar-refractivity contribution in [1.29, 1.82) is 0 Å². The van der Waals surface area contributed by atoms with E-state index in [2.05, 4.69) is 0 Å². The first-order valence-electron chi connectivity index (χ1n) is 8.88. The highest BCUT2D eigenvalue weighted by atomic mass is 35.5. The molecule has 0 saturated carbocycles. The van der Waals surface area contributed by atoms with Gasteiger partial charge in [0.2, 0.25) is 5.91 Å². The number of carbonyl (C=O) groups excluding carboxylic acids is 2. The number of carbonyl (C=O) groups is 2. The average molecular weight is 402 g/mol. The van der Waals surface area contributed by atoms with Gasteiger partial charge < -0.3 is 9.64 Å². The van der Waals surface area contributed by atoms with Gasteiger partial charge in [-0.2, -0.15) is 0 Å². The highest BCUT2D eigenvalue weighted by Gasteiger charge is 2.52. The van der Waals surface area contributed by atoms with Gasteiger partial charge in [0.1, 0.15) is 0 Å². The summed E-state index contributed by atoms with van der Waals surface area (Å²) in [6, 6.07) is 15.0. The summed E-state index contributed by atoms with van der Waals surface area (Å²) in [4.78, 5) is 28.2. The Morgan fingerprint density at radius 1 is 1.19 bits per heavy atom. The van der Waals surface area contributed by atoms with Gasteiger partial charge in [-0.05, 0) is 44.2 Å². The molecule has 0 unspecified atom stereocenters. The SMILES string of the molecule is CC(C)(Sc1ccc(Cl)cc1)C(=O)N1CC[C@@]2(C1)OC(=O)c1ccccc12. The Labute approximate surface area is 167 Å². The van der Waals surface area contributed by atoms with Crippen molar-refractivity contribution in [3.8, 4) is 0 Å². The second-order valence-electron chi connectivity index (χ2n) is 7.47. The van der Waals surface area contributed by atoms with E-state index < -0.39 is 10.3 Å². The fourth-order valence-electron chi connectivity index (χ4n) is 3.83. The van der Waals surface area contributed by atoms with Crippen LogP contribution < -0.4 is 0 Å². The summed E-state index contributed by atoms with van der Waals surface area (Å²) in [6.45, 7) is 4.83. The van der Waals surface area contributed by atoms with Crippen molar-refractivity contribution in [3.63, 3.8) is 0 Å². The van der Waals surface area contributed by atoms with E-state index in [0.717, 1.165) is 10.5 Å². The normalized spacial score (nSPS) is 21.4. The minimum Gasteiger partial charge on any atom is -0.449 e. The smallest absolute Gasteiger partial charge is 0.339 e. The Morgan fingerprint density at radius 2 is 1.89 bits per heavy atom. The molecule has 1 fully saturated rings. The summed E-state index contributed by atoms with van der Waals surface area (Å²) in [6.07, 6.45) is 0.628. The van der Waals surface area contributed by atoms with Crippen LogP contribution in [-0.2, 0) is 15.1 Å². The molecule has 0 aliphatic carbocycles. The molecule has 2 aliphatic heterocycles. The first-order valence-corrected chi connectivity index (χ1v) is 10.1. The lowest BCUT2D eigenvalue weighted by molar-refractivity contribution is -0.133. The van der Waals surface area contributed by atoms with Gasteiger partial charge in [0, 0.05) is 28.4 Å². The fraction of sp³-hybridized carbons (Fsp3) is 0.333. The molecule has 2 aromatic rings. The zero-order valence-corrected chi connectivity index (χ0v) is 16.8. The Hall–Kier alpha value is -1.98. The molecule has 2 heterocycles. The summed E-state index contributed by atoms with van der Waals surface area (Å²) in [7, 11) is 0. The van der Waals surface area contributed by atoms with Gasteiger partial charge in [0.05, 0.1) is 16.9 Å². The molecule has 0 bridgehead atoms. The molecule has 6 heteroatoms. The topological polar surface area (TPSA) is 46.6 Å². The van der Waals surface area contributed by atoms with Crippen molar-refractivity contribution in [2.24, 2.45) is 0 Å². The molecule has 4 rings (SSSR count). The largest absolute Gasteiger partial charge is 0.449 e. The summed E-state index contributed by atoms with van der Waals surface area (Å²) < 4.78 is 5.11. The number of benzene rings is 2. The maximum Gasteiger partial charge on any atom is 0.339 e. The molecular weight excluding hydrogens is 382 g/mol. The number of nitrogens with zero attached hydrogens (tertiary/aromatic N) is 1. The third-order valence-corrected chi connectivity index (χ3v) is 6.59. The van der Waals surface area contributed by atoms with E-state index in [1.807, 2.05) is 61.2 Å². The summed E-state index contributed by atoms with van der Waals surface area (Å²) >= 11 is 7.45. The van der Waals surface area contributed by atoms with Gasteiger partial charge in [-0.3, -0.25) is 4.79 Å². The number of amides is 1. The third-order valence-electron chi connectivity index (χ3n) is 5.15. The van der Waals surface area contributed by atoms with Crippen LogP contribution in [0.5, 0.6) is 0 Å². The van der Waals surface area contributed by atoms with E-state index in [0.29, 0.717) is 30.1 Å². The molecule has 1 amide bonds. The van der Waals surface area contributed by atoms with E-state index in [-0.39, 0.29) is 11.9 Å². The molecule has 1 spiro atoms. The minimum absolute atomic E-state index is 0.0414. The number of thioether (sulfide) groups is 1. The lowest BCUT2D eigenvalue weighted by Gasteiger charge is -2.30. The van der Waals surface area contributed by atoms with E-state index >= 15 is 0 Å². The lowest BCUT2D eigenvalue weighted by Crippen LogP contribution is -2.43. The van der Waals surface area contributed by atoms with Crippen molar-refractivity contribution in [2.75, 3.05) is 13.1 Å². The van der Waals surface area contributed by atoms with Gasteiger partial charge >= 0.3 is 5.97 Å². The second kappa shape index (κ2) is 6.57. The van der Waals surface area contributed by atoms with Gasteiger partial charge in [-0.25, -0.2) is 4.79 Å². The molecule has 4 nitrogen and oxygen atoms in total. The van der Waals surface area contributed by atoms with Crippen LogP contribution in [0.25, 0.3) is 0 Å². The molecule has 2 aromatic carbocycles. The van der Waals surface area contributed by atoms with E-state index in [9.17, 15) is 9.59 Å². The number of esters is 1. The molecule has 1 saturated heterocycles. The van der Waals surface area contributed by atoms with Crippen LogP contribution in [0, 0.1) is 0 Å². The van der Waals surface area contributed by atoms with Gasteiger partial charge in [-0.1, -0.05) is 29.8 Å². The van der Waals surface area contributed by atoms with Crippen molar-refractivity contribution in [1.82, 2.24) is 4.90 Å². The predicted molar refractivity (Wildman–Crippen MR) is 106 cm³/mol. The quantitative estimate of drug-likeness (QED) is 0.560. The second-order valence-corrected chi connectivity index (χ2v) is 9.60. The van der Waals surface area contributed by atoms with Gasteiger partial charge in [0.25, 0.3) is 0 Å². The van der Waals surface area contributed by atoms with Crippen molar-refractivity contribution < 1.29 is 14.3 Å². The predicted octanol–water partition coefficient (Wildman–Crippen LogP) is 4.51. The molecule has 2 aliphatic rings. The minimum atomic E-state index is -0.704. The molecule has 27 heavy (non-hydrogen) atoms. The van der Waals surface area contributed by atoms with Gasteiger partial charge in [0.15, 0.2) is 5.60 Å². The van der Waals surface area contributed by atoms with E-state index in [4.69, 9.17) is 16.3 Å². The highest BCUT2D eigenvalue weighted by molar-refractivity contribution is 8.01. The Balaban J connectivity index is 1.52. The van der Waals surface area contributed by atoms with Crippen LogP contribution >= 0.6 is 23.4 Å². The molecule has 0 N–H and O–H groups in total. The number of ether oxygens (including phenoxy) is 1. The molecule has 0 radical (unpaired) electrons. The van der Waals surface area contributed by atoms with Crippen molar-refractivity contribution in [3.05, 3.63) is 64.7 Å². The number of hydrogen-bond acceptors (Lipinski definition) is 4. The van der Waals surface area contributed by atoms with Gasteiger partial charge in [-0.15, -0.1) is 11.8 Å². The maximum atomic E-state index is 13.2. The van der Waals surface area contributed by atoms with Crippen LogP contribution in [0.4, 0.5) is 0 Å². The zero-order valence-electron chi connectivity index (χ0n) is 15.2. The Bertz CT molecular complexity index is 912. The average Bonchev–Trinajstić information content (AvgIpc) is 3.19. The van der Waals surface area contributed by atoms with Crippen molar-refractivity contribution in [2.45, 2.75) is 35.5 Å². The fourth-order valence-corrected chi connectivity index (χ4v) is 5.03. The molecule has 140 valence electrons. The van der Waals surface area contributed by atoms with E-state index in [1.165, 1.54) is 11.8 Å². The number of likely N-dealkylation sites (tertiary alicyclic amines) is 1. The van der Waals surface area contributed by atoms with Crippen LogP contribution in [0.2, 0.25) is 5.02 Å².